The number of hydrogen-bond acceptors (Lipinski definition) is 3. The van der Waals surface area contributed by atoms with Crippen molar-refractivity contribution in [3.05, 3.63) is 54.0 Å². The fraction of sp³-hybridized carbons (Fsp3) is 0.316. The smallest absolute Gasteiger partial charge is 0.245 e. The molecule has 0 aliphatic carbocycles. The SMILES string of the molecule is CC(=O)N[C@H](Cc1c[nH]c2ccccc12)C(=O)N(C)Cc1cnn(C)c1. The summed E-state index contributed by atoms with van der Waals surface area (Å²) in [7, 11) is 3.57. The zero-order chi connectivity index (χ0) is 18.7. The Morgan fingerprint density at radius 2 is 2.12 bits per heavy atom. The Morgan fingerprint density at radius 1 is 1.35 bits per heavy atom. The third-order valence-electron chi connectivity index (χ3n) is 4.33. The lowest BCUT2D eigenvalue weighted by Gasteiger charge is -2.24. The van der Waals surface area contributed by atoms with E-state index in [2.05, 4.69) is 15.4 Å². The Hall–Kier alpha value is -3.09. The molecule has 26 heavy (non-hydrogen) atoms. The largest absolute Gasteiger partial charge is 0.361 e. The summed E-state index contributed by atoms with van der Waals surface area (Å²) in [6.45, 7) is 1.87. The first-order valence-electron chi connectivity index (χ1n) is 8.48. The molecule has 2 heterocycles. The van der Waals surface area contributed by atoms with Gasteiger partial charge in [0.25, 0.3) is 0 Å². The predicted molar refractivity (Wildman–Crippen MR) is 99.3 cm³/mol. The minimum Gasteiger partial charge on any atom is -0.361 e. The van der Waals surface area contributed by atoms with Gasteiger partial charge < -0.3 is 15.2 Å². The van der Waals surface area contributed by atoms with Crippen LogP contribution in [0.25, 0.3) is 10.9 Å². The molecule has 7 nitrogen and oxygen atoms in total. The highest BCUT2D eigenvalue weighted by atomic mass is 16.2. The predicted octanol–water partition coefficient (Wildman–Crippen LogP) is 1.61. The van der Waals surface area contributed by atoms with Crippen LogP contribution in [-0.4, -0.2) is 44.6 Å². The minimum absolute atomic E-state index is 0.130. The van der Waals surface area contributed by atoms with E-state index in [1.165, 1.54) is 6.92 Å². The summed E-state index contributed by atoms with van der Waals surface area (Å²) in [5.41, 5.74) is 2.96. The summed E-state index contributed by atoms with van der Waals surface area (Å²) in [6, 6.07) is 7.30. The van der Waals surface area contributed by atoms with Crippen molar-refractivity contribution in [3.8, 4) is 0 Å². The lowest BCUT2D eigenvalue weighted by molar-refractivity contribution is -0.135. The number of H-pyrrole nitrogens is 1. The molecule has 0 aliphatic rings. The molecule has 0 saturated carbocycles. The maximum atomic E-state index is 12.9. The molecule has 7 heteroatoms. The van der Waals surface area contributed by atoms with Gasteiger partial charge in [0.15, 0.2) is 0 Å². The lowest BCUT2D eigenvalue weighted by Crippen LogP contribution is -2.47. The highest BCUT2D eigenvalue weighted by Crippen LogP contribution is 2.19. The Bertz CT molecular complexity index is 927. The van der Waals surface area contributed by atoms with Crippen LogP contribution < -0.4 is 5.32 Å². The standard InChI is InChI=1S/C19H23N5O2/c1-13(25)22-18(8-15-10-20-17-7-5-4-6-16(15)17)19(26)23(2)11-14-9-21-24(3)12-14/h4-7,9-10,12,18,20H,8,11H2,1-3H3,(H,22,25)/t18-/m1/s1. The van der Waals surface area contributed by atoms with Crippen LogP contribution in [0.15, 0.2) is 42.9 Å². The van der Waals surface area contributed by atoms with Crippen molar-refractivity contribution in [2.24, 2.45) is 7.05 Å². The van der Waals surface area contributed by atoms with Gasteiger partial charge in [-0.1, -0.05) is 18.2 Å². The van der Waals surface area contributed by atoms with Gasteiger partial charge in [-0.05, 0) is 11.6 Å². The molecule has 3 aromatic rings. The number of aromatic nitrogens is 3. The van der Waals surface area contributed by atoms with Gasteiger partial charge in [0.2, 0.25) is 11.8 Å². The molecular formula is C19H23N5O2. The Kier molecular flexibility index (Phi) is 5.06. The highest BCUT2D eigenvalue weighted by molar-refractivity contribution is 5.89. The number of nitrogens with zero attached hydrogens (tertiary/aromatic N) is 3. The van der Waals surface area contributed by atoms with Crippen LogP contribution in [0.4, 0.5) is 0 Å². The highest BCUT2D eigenvalue weighted by Gasteiger charge is 2.24. The second-order valence-electron chi connectivity index (χ2n) is 6.53. The molecular weight excluding hydrogens is 330 g/mol. The van der Waals surface area contributed by atoms with Crippen molar-refractivity contribution in [1.82, 2.24) is 25.0 Å². The van der Waals surface area contributed by atoms with E-state index in [0.717, 1.165) is 22.0 Å². The van der Waals surface area contributed by atoms with Gasteiger partial charge in [-0.2, -0.15) is 5.10 Å². The number of amides is 2. The zero-order valence-electron chi connectivity index (χ0n) is 15.2. The van der Waals surface area contributed by atoms with Gasteiger partial charge in [-0.15, -0.1) is 0 Å². The van der Waals surface area contributed by atoms with Crippen LogP contribution in [-0.2, 0) is 29.6 Å². The maximum absolute atomic E-state index is 12.9. The molecule has 0 unspecified atom stereocenters. The quantitative estimate of drug-likeness (QED) is 0.706. The normalized spacial score (nSPS) is 12.1. The van der Waals surface area contributed by atoms with Gasteiger partial charge >= 0.3 is 0 Å². The van der Waals surface area contributed by atoms with E-state index in [1.807, 2.05) is 43.7 Å². The molecule has 0 fully saturated rings. The van der Waals surface area contributed by atoms with Gasteiger partial charge in [0.1, 0.15) is 6.04 Å². The van der Waals surface area contributed by atoms with Crippen LogP contribution in [0, 0.1) is 0 Å². The zero-order valence-corrected chi connectivity index (χ0v) is 15.2. The summed E-state index contributed by atoms with van der Waals surface area (Å²) < 4.78 is 1.70. The summed E-state index contributed by atoms with van der Waals surface area (Å²) in [6.07, 6.45) is 5.93. The van der Waals surface area contributed by atoms with E-state index in [4.69, 9.17) is 0 Å². The summed E-state index contributed by atoms with van der Waals surface area (Å²) in [5.74, 6) is -0.354. The second kappa shape index (κ2) is 7.43. The van der Waals surface area contributed by atoms with Gasteiger partial charge in [0.05, 0.1) is 6.20 Å². The summed E-state index contributed by atoms with van der Waals surface area (Å²) in [4.78, 5) is 29.4. The van der Waals surface area contributed by atoms with E-state index in [1.54, 1.807) is 22.8 Å². The van der Waals surface area contributed by atoms with Crippen molar-refractivity contribution in [2.75, 3.05) is 7.05 Å². The Balaban J connectivity index is 1.78. The average Bonchev–Trinajstić information content (AvgIpc) is 3.19. The number of aromatic amines is 1. The first-order chi connectivity index (χ1) is 12.4. The summed E-state index contributed by atoms with van der Waals surface area (Å²) >= 11 is 0. The van der Waals surface area contributed by atoms with Crippen molar-refractivity contribution in [3.63, 3.8) is 0 Å². The number of carbonyl (C=O) groups is 2. The third kappa shape index (κ3) is 3.93. The number of hydrogen-bond donors (Lipinski definition) is 2. The number of para-hydroxylation sites is 1. The monoisotopic (exact) mass is 353 g/mol. The molecule has 0 radical (unpaired) electrons. The first-order valence-corrected chi connectivity index (χ1v) is 8.48. The van der Waals surface area contributed by atoms with E-state index in [9.17, 15) is 9.59 Å². The number of likely N-dealkylation sites (N-methyl/N-ethyl adjacent to an activating group) is 1. The Labute approximate surface area is 152 Å². The lowest BCUT2D eigenvalue weighted by atomic mass is 10.0. The first kappa shape index (κ1) is 17.7. The molecule has 2 amide bonds. The number of carbonyl (C=O) groups excluding carboxylic acids is 2. The molecule has 0 aliphatic heterocycles. The van der Waals surface area contributed by atoms with Crippen LogP contribution in [0.3, 0.4) is 0 Å². The van der Waals surface area contributed by atoms with E-state index in [0.29, 0.717) is 13.0 Å². The van der Waals surface area contributed by atoms with Crippen LogP contribution in [0.5, 0.6) is 0 Å². The number of rotatable bonds is 6. The second-order valence-corrected chi connectivity index (χ2v) is 6.53. The van der Waals surface area contributed by atoms with Crippen LogP contribution in [0.1, 0.15) is 18.1 Å². The molecule has 0 spiro atoms. The molecule has 1 aromatic carbocycles. The molecule has 3 rings (SSSR count). The number of aryl methyl sites for hydroxylation is 1. The van der Waals surface area contributed by atoms with Crippen molar-refractivity contribution >= 4 is 22.7 Å². The van der Waals surface area contributed by atoms with Gasteiger partial charge in [0, 0.05) is 62.8 Å². The Morgan fingerprint density at radius 3 is 2.81 bits per heavy atom. The van der Waals surface area contributed by atoms with Crippen LogP contribution >= 0.6 is 0 Å². The number of benzene rings is 1. The van der Waals surface area contributed by atoms with Crippen molar-refractivity contribution < 1.29 is 9.59 Å². The fourth-order valence-corrected chi connectivity index (χ4v) is 3.14. The van der Waals surface area contributed by atoms with E-state index >= 15 is 0 Å². The number of fused-ring (bicyclic) bond motifs is 1. The molecule has 1 atom stereocenters. The molecule has 0 bridgehead atoms. The fourth-order valence-electron chi connectivity index (χ4n) is 3.14. The third-order valence-corrected chi connectivity index (χ3v) is 4.33. The minimum atomic E-state index is -0.617. The van der Waals surface area contributed by atoms with E-state index < -0.39 is 6.04 Å². The maximum Gasteiger partial charge on any atom is 0.245 e. The average molecular weight is 353 g/mol. The van der Waals surface area contributed by atoms with Crippen molar-refractivity contribution in [1.29, 1.82) is 0 Å². The van der Waals surface area contributed by atoms with Gasteiger partial charge in [-0.25, -0.2) is 0 Å². The summed E-state index contributed by atoms with van der Waals surface area (Å²) in [5, 5.41) is 7.97. The molecule has 136 valence electrons. The van der Waals surface area contributed by atoms with Crippen LogP contribution in [0.2, 0.25) is 0 Å². The van der Waals surface area contributed by atoms with Gasteiger partial charge in [-0.3, -0.25) is 14.3 Å². The van der Waals surface area contributed by atoms with E-state index in [-0.39, 0.29) is 11.8 Å². The van der Waals surface area contributed by atoms with Crippen molar-refractivity contribution in [2.45, 2.75) is 25.9 Å². The molecule has 0 saturated heterocycles. The molecule has 2 aromatic heterocycles. The topological polar surface area (TPSA) is 83.0 Å². The number of nitrogens with one attached hydrogen (secondary N) is 2. The molecule has 2 N–H and O–H groups in total.